The highest BCUT2D eigenvalue weighted by Crippen LogP contribution is 2.26. The molecule has 3 amide bonds. The van der Waals surface area contributed by atoms with Gasteiger partial charge in [-0.3, -0.25) is 24.7 Å². The predicted octanol–water partition coefficient (Wildman–Crippen LogP) is 3.35. The summed E-state index contributed by atoms with van der Waals surface area (Å²) in [5.41, 5.74) is 7.58. The lowest BCUT2D eigenvalue weighted by Gasteiger charge is -2.33. The molecule has 3 aromatic rings. The van der Waals surface area contributed by atoms with Crippen LogP contribution in [0.2, 0.25) is 0 Å². The average Bonchev–Trinajstić information content (AvgIpc) is 3.20. The van der Waals surface area contributed by atoms with Gasteiger partial charge in [0, 0.05) is 43.5 Å². The molecule has 2 aromatic heterocycles. The summed E-state index contributed by atoms with van der Waals surface area (Å²) in [5, 5.41) is 2.80. The number of carbonyl (C=O) groups excluding carboxylic acids is 3. The molecule has 0 spiro atoms. The van der Waals surface area contributed by atoms with Gasteiger partial charge in [-0.2, -0.15) is 0 Å². The number of amides is 3. The highest BCUT2D eigenvalue weighted by atomic mass is 16.2. The third-order valence-electron chi connectivity index (χ3n) is 6.34. The minimum atomic E-state index is -0.454. The van der Waals surface area contributed by atoms with Crippen LogP contribution in [0, 0.1) is 0 Å². The Morgan fingerprint density at radius 3 is 2.62 bits per heavy atom. The Balaban J connectivity index is 1.65. The van der Waals surface area contributed by atoms with Crippen molar-refractivity contribution in [2.75, 3.05) is 11.9 Å². The molecular formula is C25H30N6O3. The second kappa shape index (κ2) is 10.5. The summed E-state index contributed by atoms with van der Waals surface area (Å²) in [6.45, 7) is 2.92. The molecule has 0 aliphatic heterocycles. The number of nitrogens with zero attached hydrogens (tertiary/aromatic N) is 4. The second-order valence-corrected chi connectivity index (χ2v) is 8.59. The van der Waals surface area contributed by atoms with E-state index in [9.17, 15) is 14.4 Å². The molecule has 0 unspecified atom stereocenters. The van der Waals surface area contributed by atoms with Crippen LogP contribution >= 0.6 is 0 Å². The minimum absolute atomic E-state index is 0.0102. The summed E-state index contributed by atoms with van der Waals surface area (Å²) < 4.78 is 1.74. The number of hydrogen-bond acceptors (Lipinski definition) is 5. The molecule has 9 nitrogen and oxygen atoms in total. The topological polar surface area (TPSA) is 123 Å². The monoisotopic (exact) mass is 462 g/mol. The number of aryl methyl sites for hydroxylation is 1. The van der Waals surface area contributed by atoms with Crippen molar-refractivity contribution in [2.24, 2.45) is 5.73 Å². The van der Waals surface area contributed by atoms with E-state index in [1.54, 1.807) is 35.0 Å². The number of pyridine rings is 1. The van der Waals surface area contributed by atoms with E-state index in [0.29, 0.717) is 28.7 Å². The van der Waals surface area contributed by atoms with E-state index in [4.69, 9.17) is 5.73 Å². The second-order valence-electron chi connectivity index (χ2n) is 8.59. The molecule has 2 heterocycles. The van der Waals surface area contributed by atoms with Gasteiger partial charge in [0.15, 0.2) is 0 Å². The number of aromatic nitrogens is 3. The number of nitrogens with two attached hydrogens (primary N) is 1. The van der Waals surface area contributed by atoms with E-state index in [-0.39, 0.29) is 36.8 Å². The van der Waals surface area contributed by atoms with Crippen LogP contribution in [0.5, 0.6) is 0 Å². The number of imidazole rings is 1. The summed E-state index contributed by atoms with van der Waals surface area (Å²) in [6, 6.07) is 8.94. The molecule has 1 fully saturated rings. The van der Waals surface area contributed by atoms with Crippen LogP contribution in [0.25, 0.3) is 11.0 Å². The number of anilines is 1. The number of rotatable bonds is 8. The van der Waals surface area contributed by atoms with Gasteiger partial charge in [0.2, 0.25) is 11.9 Å². The first kappa shape index (κ1) is 23.4. The molecule has 34 heavy (non-hydrogen) atoms. The van der Waals surface area contributed by atoms with Crippen molar-refractivity contribution in [1.82, 2.24) is 19.4 Å². The van der Waals surface area contributed by atoms with E-state index in [1.807, 2.05) is 17.9 Å². The van der Waals surface area contributed by atoms with Crippen molar-refractivity contribution in [1.29, 1.82) is 0 Å². The predicted molar refractivity (Wildman–Crippen MR) is 129 cm³/mol. The van der Waals surface area contributed by atoms with Crippen molar-refractivity contribution in [3.63, 3.8) is 0 Å². The lowest BCUT2D eigenvalue weighted by molar-refractivity contribution is -0.118. The number of primary amides is 1. The van der Waals surface area contributed by atoms with Crippen LogP contribution in [0.3, 0.4) is 0 Å². The quantitative estimate of drug-likeness (QED) is 0.531. The minimum Gasteiger partial charge on any atom is -0.370 e. The molecule has 1 saturated carbocycles. The first-order chi connectivity index (χ1) is 16.5. The van der Waals surface area contributed by atoms with Gasteiger partial charge in [0.25, 0.3) is 11.8 Å². The molecule has 1 aromatic carbocycles. The van der Waals surface area contributed by atoms with Crippen LogP contribution in [-0.4, -0.2) is 49.7 Å². The van der Waals surface area contributed by atoms with Gasteiger partial charge in [0.1, 0.15) is 0 Å². The van der Waals surface area contributed by atoms with Gasteiger partial charge in [0.05, 0.1) is 16.6 Å². The summed E-state index contributed by atoms with van der Waals surface area (Å²) in [7, 11) is 0. The third-order valence-corrected chi connectivity index (χ3v) is 6.34. The van der Waals surface area contributed by atoms with Crippen LogP contribution in [0.15, 0.2) is 42.7 Å². The van der Waals surface area contributed by atoms with Crippen LogP contribution in [0.1, 0.15) is 66.2 Å². The van der Waals surface area contributed by atoms with Gasteiger partial charge in [-0.15, -0.1) is 0 Å². The maximum Gasteiger partial charge on any atom is 0.259 e. The van der Waals surface area contributed by atoms with Gasteiger partial charge in [-0.1, -0.05) is 19.3 Å². The number of hydrogen-bond donors (Lipinski definition) is 2. The third kappa shape index (κ3) is 5.08. The zero-order valence-corrected chi connectivity index (χ0v) is 19.4. The Morgan fingerprint density at radius 1 is 1.15 bits per heavy atom. The highest BCUT2D eigenvalue weighted by molar-refractivity contribution is 6.04. The lowest BCUT2D eigenvalue weighted by atomic mass is 9.93. The van der Waals surface area contributed by atoms with Crippen molar-refractivity contribution in [3.05, 3.63) is 53.9 Å². The molecule has 0 radical (unpaired) electrons. The molecule has 0 atom stereocenters. The van der Waals surface area contributed by atoms with E-state index < -0.39 is 5.91 Å². The van der Waals surface area contributed by atoms with Gasteiger partial charge >= 0.3 is 0 Å². The smallest absolute Gasteiger partial charge is 0.259 e. The molecule has 0 saturated heterocycles. The fourth-order valence-corrected chi connectivity index (χ4v) is 4.60. The largest absolute Gasteiger partial charge is 0.370 e. The highest BCUT2D eigenvalue weighted by Gasteiger charge is 2.26. The Bertz CT molecular complexity index is 1180. The van der Waals surface area contributed by atoms with Crippen molar-refractivity contribution < 1.29 is 14.4 Å². The van der Waals surface area contributed by atoms with E-state index in [1.165, 1.54) is 12.6 Å². The van der Waals surface area contributed by atoms with Crippen molar-refractivity contribution in [2.45, 2.75) is 58.0 Å². The van der Waals surface area contributed by atoms with Crippen LogP contribution in [-0.2, 0) is 11.3 Å². The fourth-order valence-electron chi connectivity index (χ4n) is 4.60. The molecule has 1 aliphatic carbocycles. The van der Waals surface area contributed by atoms with E-state index in [2.05, 4.69) is 15.3 Å². The van der Waals surface area contributed by atoms with E-state index >= 15 is 0 Å². The molecule has 0 bridgehead atoms. The summed E-state index contributed by atoms with van der Waals surface area (Å²) in [4.78, 5) is 48.0. The molecule has 178 valence electrons. The maximum atomic E-state index is 13.3. The average molecular weight is 463 g/mol. The summed E-state index contributed by atoms with van der Waals surface area (Å²) >= 11 is 0. The number of benzene rings is 1. The molecule has 3 N–H and O–H groups in total. The van der Waals surface area contributed by atoms with Crippen molar-refractivity contribution >= 4 is 34.7 Å². The Labute approximate surface area is 198 Å². The first-order valence-corrected chi connectivity index (χ1v) is 11.8. The Morgan fingerprint density at radius 2 is 1.94 bits per heavy atom. The van der Waals surface area contributed by atoms with Crippen LogP contribution < -0.4 is 11.1 Å². The van der Waals surface area contributed by atoms with Gasteiger partial charge in [-0.25, -0.2) is 4.98 Å². The summed E-state index contributed by atoms with van der Waals surface area (Å²) in [5.74, 6) is -0.544. The molecular weight excluding hydrogens is 432 g/mol. The molecule has 9 heteroatoms. The first-order valence-electron chi connectivity index (χ1n) is 11.8. The zero-order chi connectivity index (χ0) is 24.1. The van der Waals surface area contributed by atoms with E-state index in [0.717, 1.165) is 25.7 Å². The Kier molecular flexibility index (Phi) is 7.20. The molecule has 1 aliphatic rings. The standard InChI is InChI=1S/C25H30N6O3/c1-2-30(19-8-4-3-5-9-19)24(34)17-10-11-21-20(15-17)28-25(31(21)14-12-22(26)32)29-23(33)18-7-6-13-27-16-18/h6-7,10-11,13,15-16,19H,2-5,8-9,12,14H2,1H3,(H2,26,32)(H,28,29,33). The SMILES string of the molecule is CCN(C(=O)c1ccc2c(c1)nc(NC(=O)c1cccnc1)n2CCC(N)=O)C1CCCCC1. The molecule has 4 rings (SSSR count). The number of fused-ring (bicyclic) bond motifs is 1. The maximum absolute atomic E-state index is 13.3. The fraction of sp³-hybridized carbons (Fsp3) is 0.400. The number of carbonyl (C=O) groups is 3. The van der Waals surface area contributed by atoms with Gasteiger partial charge in [-0.05, 0) is 50.1 Å². The normalized spacial score (nSPS) is 14.1. The summed E-state index contributed by atoms with van der Waals surface area (Å²) in [6.07, 6.45) is 8.74. The Hall–Kier alpha value is -3.75. The van der Waals surface area contributed by atoms with Gasteiger partial charge < -0.3 is 15.2 Å². The van der Waals surface area contributed by atoms with Crippen molar-refractivity contribution in [3.8, 4) is 0 Å². The number of nitrogens with one attached hydrogen (secondary N) is 1. The zero-order valence-electron chi connectivity index (χ0n) is 19.4. The van der Waals surface area contributed by atoms with Crippen LogP contribution in [0.4, 0.5) is 5.95 Å². The lowest BCUT2D eigenvalue weighted by Crippen LogP contribution is -2.41.